The molecular formula is C22H21N3O3. The maximum atomic E-state index is 12.6. The van der Waals surface area contributed by atoms with Crippen LogP contribution in [0, 0.1) is 0 Å². The zero-order chi connectivity index (χ0) is 19.8. The Bertz CT molecular complexity index is 913. The monoisotopic (exact) mass is 375 g/mol. The minimum Gasteiger partial charge on any atom is -0.457 e. The Morgan fingerprint density at radius 1 is 0.786 bits per heavy atom. The Morgan fingerprint density at radius 2 is 1.36 bits per heavy atom. The van der Waals surface area contributed by atoms with Gasteiger partial charge in [-0.25, -0.2) is 4.79 Å². The van der Waals surface area contributed by atoms with Gasteiger partial charge in [-0.15, -0.1) is 0 Å². The number of rotatable bonds is 6. The summed E-state index contributed by atoms with van der Waals surface area (Å²) in [4.78, 5) is 24.1. The van der Waals surface area contributed by atoms with E-state index < -0.39 is 18.0 Å². The number of imide groups is 1. The van der Waals surface area contributed by atoms with E-state index in [0.717, 1.165) is 17.0 Å². The first-order valence-electron chi connectivity index (χ1n) is 8.83. The van der Waals surface area contributed by atoms with Crippen LogP contribution in [0.15, 0.2) is 84.9 Å². The molecule has 0 aliphatic rings. The number of anilines is 1. The van der Waals surface area contributed by atoms with E-state index in [1.165, 1.54) is 7.05 Å². The van der Waals surface area contributed by atoms with Crippen molar-refractivity contribution >= 4 is 17.6 Å². The van der Waals surface area contributed by atoms with Crippen LogP contribution in [0.2, 0.25) is 0 Å². The Kier molecular flexibility index (Phi) is 6.25. The van der Waals surface area contributed by atoms with E-state index in [0.29, 0.717) is 5.75 Å². The fourth-order valence-electron chi connectivity index (χ4n) is 2.60. The maximum absolute atomic E-state index is 12.6. The topological polar surface area (TPSA) is 79.5 Å². The van der Waals surface area contributed by atoms with Gasteiger partial charge in [0.1, 0.15) is 17.5 Å². The summed E-state index contributed by atoms with van der Waals surface area (Å²) in [6.45, 7) is 0. The number of benzene rings is 3. The fraction of sp³-hybridized carbons (Fsp3) is 0.0909. The number of ether oxygens (including phenoxy) is 1. The Morgan fingerprint density at radius 3 is 1.96 bits per heavy atom. The van der Waals surface area contributed by atoms with Crippen molar-refractivity contribution in [3.8, 4) is 11.5 Å². The molecule has 142 valence electrons. The number of nitrogens with one attached hydrogen (secondary N) is 3. The molecule has 6 heteroatoms. The van der Waals surface area contributed by atoms with Crippen molar-refractivity contribution in [2.24, 2.45) is 0 Å². The van der Waals surface area contributed by atoms with E-state index in [4.69, 9.17) is 4.74 Å². The van der Waals surface area contributed by atoms with Crippen molar-refractivity contribution in [1.82, 2.24) is 10.6 Å². The molecule has 3 aromatic carbocycles. The molecule has 0 aromatic heterocycles. The van der Waals surface area contributed by atoms with Gasteiger partial charge in [0.25, 0.3) is 5.91 Å². The third kappa shape index (κ3) is 5.11. The molecule has 0 heterocycles. The fourth-order valence-corrected chi connectivity index (χ4v) is 2.60. The van der Waals surface area contributed by atoms with Crippen molar-refractivity contribution in [2.75, 3.05) is 12.4 Å². The normalized spacial score (nSPS) is 11.2. The number of hydrogen-bond donors (Lipinski definition) is 3. The molecule has 6 nitrogen and oxygen atoms in total. The van der Waals surface area contributed by atoms with Gasteiger partial charge in [-0.2, -0.15) is 0 Å². The van der Waals surface area contributed by atoms with E-state index in [2.05, 4.69) is 16.0 Å². The van der Waals surface area contributed by atoms with Crippen LogP contribution >= 0.6 is 0 Å². The van der Waals surface area contributed by atoms with E-state index in [-0.39, 0.29) is 0 Å². The molecule has 0 fully saturated rings. The summed E-state index contributed by atoms with van der Waals surface area (Å²) in [6, 6.07) is 24.7. The first-order chi connectivity index (χ1) is 13.7. The quantitative estimate of drug-likeness (QED) is 0.606. The van der Waals surface area contributed by atoms with Crippen molar-refractivity contribution in [3.05, 3.63) is 90.5 Å². The molecule has 1 atom stereocenters. The van der Waals surface area contributed by atoms with Crippen LogP contribution in [0.1, 0.15) is 11.6 Å². The van der Waals surface area contributed by atoms with Crippen molar-refractivity contribution < 1.29 is 14.3 Å². The van der Waals surface area contributed by atoms with E-state index in [1.807, 2.05) is 84.9 Å². The van der Waals surface area contributed by atoms with Crippen molar-refractivity contribution in [2.45, 2.75) is 6.04 Å². The van der Waals surface area contributed by atoms with Crippen LogP contribution in [0.4, 0.5) is 10.5 Å². The summed E-state index contributed by atoms with van der Waals surface area (Å²) in [7, 11) is 1.46. The summed E-state index contributed by atoms with van der Waals surface area (Å²) in [5.74, 6) is 0.980. The van der Waals surface area contributed by atoms with E-state index in [9.17, 15) is 9.59 Å². The highest BCUT2D eigenvalue weighted by atomic mass is 16.5. The molecule has 0 saturated carbocycles. The number of amides is 3. The van der Waals surface area contributed by atoms with Crippen LogP contribution < -0.4 is 20.7 Å². The lowest BCUT2D eigenvalue weighted by Crippen LogP contribution is -2.42. The Labute approximate surface area is 163 Å². The molecule has 0 saturated heterocycles. The molecule has 3 aromatic rings. The largest absolute Gasteiger partial charge is 0.457 e. The van der Waals surface area contributed by atoms with Gasteiger partial charge in [0.15, 0.2) is 0 Å². The zero-order valence-corrected chi connectivity index (χ0v) is 15.4. The summed E-state index contributed by atoms with van der Waals surface area (Å²) in [6.07, 6.45) is 0. The minimum absolute atomic E-state index is 0.449. The SMILES string of the molecule is CNC(=O)NC(=O)[C@H](Nc1ccc(Oc2ccccc2)cc1)c1ccccc1. The van der Waals surface area contributed by atoms with Crippen LogP contribution in [0.3, 0.4) is 0 Å². The summed E-state index contributed by atoms with van der Waals surface area (Å²) < 4.78 is 5.78. The van der Waals surface area contributed by atoms with Gasteiger partial charge in [0.2, 0.25) is 0 Å². The third-order valence-corrected chi connectivity index (χ3v) is 4.00. The maximum Gasteiger partial charge on any atom is 0.321 e. The van der Waals surface area contributed by atoms with E-state index in [1.54, 1.807) is 0 Å². The molecule has 0 spiro atoms. The molecule has 0 unspecified atom stereocenters. The molecular weight excluding hydrogens is 354 g/mol. The molecule has 3 rings (SSSR count). The zero-order valence-electron chi connectivity index (χ0n) is 15.4. The van der Waals surface area contributed by atoms with Gasteiger partial charge in [-0.05, 0) is 42.0 Å². The number of carbonyl (C=O) groups excluding carboxylic acids is 2. The van der Waals surface area contributed by atoms with Gasteiger partial charge in [-0.1, -0.05) is 48.5 Å². The van der Waals surface area contributed by atoms with Gasteiger partial charge < -0.3 is 15.4 Å². The second-order valence-corrected chi connectivity index (χ2v) is 6.00. The standard InChI is InChI=1S/C22H21N3O3/c1-23-22(27)25-21(26)20(16-8-4-2-5-9-16)24-17-12-14-19(15-13-17)28-18-10-6-3-7-11-18/h2-15,20,24H,1H3,(H2,23,25,26,27)/t20-/m1/s1. The second-order valence-electron chi connectivity index (χ2n) is 6.00. The lowest BCUT2D eigenvalue weighted by molar-refractivity contribution is -0.120. The molecule has 0 aliphatic heterocycles. The third-order valence-electron chi connectivity index (χ3n) is 4.00. The molecule has 0 aliphatic carbocycles. The van der Waals surface area contributed by atoms with Crippen LogP contribution in [0.25, 0.3) is 0 Å². The highest BCUT2D eigenvalue weighted by molar-refractivity contribution is 5.98. The molecule has 0 radical (unpaired) electrons. The highest BCUT2D eigenvalue weighted by Gasteiger charge is 2.22. The molecule has 28 heavy (non-hydrogen) atoms. The summed E-state index contributed by atoms with van der Waals surface area (Å²) >= 11 is 0. The summed E-state index contributed by atoms with van der Waals surface area (Å²) in [5.41, 5.74) is 1.47. The van der Waals surface area contributed by atoms with Gasteiger partial charge >= 0.3 is 6.03 Å². The minimum atomic E-state index is -0.723. The van der Waals surface area contributed by atoms with E-state index >= 15 is 0 Å². The highest BCUT2D eigenvalue weighted by Crippen LogP contribution is 2.25. The first kappa shape index (κ1) is 19.0. The lowest BCUT2D eigenvalue weighted by atomic mass is 10.1. The summed E-state index contributed by atoms with van der Waals surface area (Å²) in [5, 5.41) is 7.87. The second kappa shape index (κ2) is 9.23. The van der Waals surface area contributed by atoms with Crippen molar-refractivity contribution in [1.29, 1.82) is 0 Å². The number of carbonyl (C=O) groups is 2. The first-order valence-corrected chi connectivity index (χ1v) is 8.83. The number of urea groups is 1. The van der Waals surface area contributed by atoms with Crippen LogP contribution in [-0.4, -0.2) is 19.0 Å². The Hall–Kier alpha value is -3.80. The van der Waals surface area contributed by atoms with Crippen LogP contribution in [0.5, 0.6) is 11.5 Å². The predicted octanol–water partition coefficient (Wildman–Crippen LogP) is 4.09. The van der Waals surface area contributed by atoms with Gasteiger partial charge in [0.05, 0.1) is 0 Å². The molecule has 0 bridgehead atoms. The average Bonchev–Trinajstić information content (AvgIpc) is 2.74. The molecule has 3 amide bonds. The predicted molar refractivity (Wildman–Crippen MR) is 108 cm³/mol. The smallest absolute Gasteiger partial charge is 0.321 e. The van der Waals surface area contributed by atoms with Crippen LogP contribution in [-0.2, 0) is 4.79 Å². The van der Waals surface area contributed by atoms with Gasteiger partial charge in [-0.3, -0.25) is 10.1 Å². The lowest BCUT2D eigenvalue weighted by Gasteiger charge is -2.19. The van der Waals surface area contributed by atoms with Gasteiger partial charge in [0, 0.05) is 12.7 Å². The number of para-hydroxylation sites is 1. The van der Waals surface area contributed by atoms with Crippen molar-refractivity contribution in [3.63, 3.8) is 0 Å². The number of hydrogen-bond acceptors (Lipinski definition) is 4. The molecule has 3 N–H and O–H groups in total. The Balaban J connectivity index is 1.75. The average molecular weight is 375 g/mol.